The van der Waals surface area contributed by atoms with Gasteiger partial charge in [0.15, 0.2) is 5.65 Å². The van der Waals surface area contributed by atoms with Crippen LogP contribution in [0.15, 0.2) is 6.20 Å². The predicted molar refractivity (Wildman–Crippen MR) is 104 cm³/mol. The van der Waals surface area contributed by atoms with Gasteiger partial charge in [0.25, 0.3) is 0 Å². The molecule has 1 aliphatic rings. The fourth-order valence-electron chi connectivity index (χ4n) is 4.11. The normalized spacial score (nSPS) is 18.6. The van der Waals surface area contributed by atoms with Crippen LogP contribution >= 0.6 is 0 Å². The minimum Gasteiger partial charge on any atom is -0.478 e. The van der Waals surface area contributed by atoms with E-state index in [0.717, 1.165) is 30.7 Å². The molecule has 0 aromatic carbocycles. The highest BCUT2D eigenvalue weighted by Gasteiger charge is 2.31. The Morgan fingerprint density at radius 1 is 1.37 bits per heavy atom. The van der Waals surface area contributed by atoms with Gasteiger partial charge < -0.3 is 15.1 Å². The summed E-state index contributed by atoms with van der Waals surface area (Å²) in [7, 11) is 1.82. The summed E-state index contributed by atoms with van der Waals surface area (Å²) >= 11 is 0. The molecule has 8 nitrogen and oxygen atoms in total. The van der Waals surface area contributed by atoms with Crippen molar-refractivity contribution in [3.8, 4) is 0 Å². The van der Waals surface area contributed by atoms with Crippen LogP contribution in [-0.4, -0.2) is 74.7 Å². The molecule has 1 fully saturated rings. The van der Waals surface area contributed by atoms with Gasteiger partial charge in [-0.2, -0.15) is 5.10 Å². The number of pyridine rings is 1. The molecule has 3 rings (SSSR count). The molecule has 2 aromatic rings. The summed E-state index contributed by atoms with van der Waals surface area (Å²) in [5.74, 6) is -0.438. The first-order valence-corrected chi connectivity index (χ1v) is 9.49. The molecule has 8 heteroatoms. The fraction of sp³-hybridized carbons (Fsp3) is 0.632. The zero-order chi connectivity index (χ0) is 19.7. The summed E-state index contributed by atoms with van der Waals surface area (Å²) in [6.45, 7) is 9.62. The second-order valence-electron chi connectivity index (χ2n) is 7.73. The molecule has 0 spiro atoms. The van der Waals surface area contributed by atoms with E-state index in [2.05, 4.69) is 33.7 Å². The number of fused-ring (bicyclic) bond motifs is 1. The fourth-order valence-corrected chi connectivity index (χ4v) is 4.11. The molecule has 1 atom stereocenters. The molecule has 0 bridgehead atoms. The number of rotatable bonds is 6. The smallest absolute Gasteiger partial charge is 0.339 e. The second-order valence-corrected chi connectivity index (χ2v) is 7.73. The Morgan fingerprint density at radius 3 is 2.74 bits per heavy atom. The van der Waals surface area contributed by atoms with E-state index in [1.807, 2.05) is 14.0 Å². The van der Waals surface area contributed by atoms with Crippen molar-refractivity contribution in [2.45, 2.75) is 33.2 Å². The number of nitrogens with zero attached hydrogens (tertiary/aromatic N) is 5. The average Bonchev–Trinajstić information content (AvgIpc) is 2.90. The largest absolute Gasteiger partial charge is 0.478 e. The number of aromatic nitrogens is 3. The Morgan fingerprint density at radius 2 is 2.11 bits per heavy atom. The summed E-state index contributed by atoms with van der Waals surface area (Å²) in [5, 5.41) is 24.5. The highest BCUT2D eigenvalue weighted by molar-refractivity contribution is 6.04. The van der Waals surface area contributed by atoms with Crippen molar-refractivity contribution in [2.24, 2.45) is 13.0 Å². The number of aliphatic hydroxyl groups is 1. The number of carboxylic acids is 1. The number of aromatic carboxylic acids is 1. The van der Waals surface area contributed by atoms with Crippen LogP contribution in [0, 0.1) is 12.8 Å². The van der Waals surface area contributed by atoms with Gasteiger partial charge in [-0.15, -0.1) is 0 Å². The van der Waals surface area contributed by atoms with Crippen molar-refractivity contribution in [3.63, 3.8) is 0 Å². The molecule has 27 heavy (non-hydrogen) atoms. The monoisotopic (exact) mass is 375 g/mol. The van der Waals surface area contributed by atoms with Crippen LogP contribution in [0.5, 0.6) is 0 Å². The number of carboxylic acid groups (broad SMARTS) is 1. The second kappa shape index (κ2) is 7.82. The average molecular weight is 375 g/mol. The van der Waals surface area contributed by atoms with Crippen molar-refractivity contribution in [1.82, 2.24) is 19.7 Å². The number of aryl methyl sites for hydroxylation is 2. The maximum absolute atomic E-state index is 11.9. The molecule has 2 aromatic heterocycles. The Labute approximate surface area is 159 Å². The van der Waals surface area contributed by atoms with Gasteiger partial charge in [-0.3, -0.25) is 9.58 Å². The van der Waals surface area contributed by atoms with Gasteiger partial charge in [0.05, 0.1) is 16.8 Å². The lowest BCUT2D eigenvalue weighted by Gasteiger charge is -2.43. The van der Waals surface area contributed by atoms with Gasteiger partial charge in [0, 0.05) is 52.1 Å². The van der Waals surface area contributed by atoms with E-state index in [4.69, 9.17) is 0 Å². The third-order valence-electron chi connectivity index (χ3n) is 5.21. The van der Waals surface area contributed by atoms with Crippen LogP contribution in [-0.2, 0) is 7.05 Å². The van der Waals surface area contributed by atoms with Gasteiger partial charge in [-0.1, -0.05) is 13.8 Å². The van der Waals surface area contributed by atoms with Crippen LogP contribution in [0.3, 0.4) is 0 Å². The van der Waals surface area contributed by atoms with Crippen molar-refractivity contribution in [1.29, 1.82) is 0 Å². The van der Waals surface area contributed by atoms with E-state index < -0.39 is 5.97 Å². The summed E-state index contributed by atoms with van der Waals surface area (Å²) in [6, 6.07) is 0.188. The van der Waals surface area contributed by atoms with Crippen molar-refractivity contribution < 1.29 is 15.0 Å². The van der Waals surface area contributed by atoms with Crippen molar-refractivity contribution in [3.05, 3.63) is 17.5 Å². The zero-order valence-corrected chi connectivity index (χ0v) is 16.5. The first-order chi connectivity index (χ1) is 12.8. The number of piperazine rings is 1. The SMILES string of the molecule is Cc1nn(C)c2ncc(C(=O)O)c(N3CCN(CC(C)C)C(CCO)C3)c12. The highest BCUT2D eigenvalue weighted by atomic mass is 16.4. The first kappa shape index (κ1) is 19.6. The van der Waals surface area contributed by atoms with Gasteiger partial charge in [-0.25, -0.2) is 9.78 Å². The molecule has 148 valence electrons. The third-order valence-corrected chi connectivity index (χ3v) is 5.21. The van der Waals surface area contributed by atoms with Gasteiger partial charge in [0.1, 0.15) is 5.56 Å². The summed E-state index contributed by atoms with van der Waals surface area (Å²) in [5.41, 5.74) is 2.38. The summed E-state index contributed by atoms with van der Waals surface area (Å²) < 4.78 is 1.69. The van der Waals surface area contributed by atoms with E-state index in [0.29, 0.717) is 30.2 Å². The van der Waals surface area contributed by atoms with Crippen LogP contribution in [0.2, 0.25) is 0 Å². The minimum absolute atomic E-state index is 0.122. The number of carbonyl (C=O) groups is 1. The van der Waals surface area contributed by atoms with Gasteiger partial charge in [0.2, 0.25) is 0 Å². The molecule has 0 radical (unpaired) electrons. The quantitative estimate of drug-likeness (QED) is 0.790. The Kier molecular flexibility index (Phi) is 5.67. The molecule has 0 amide bonds. The van der Waals surface area contributed by atoms with Crippen LogP contribution in [0.25, 0.3) is 11.0 Å². The van der Waals surface area contributed by atoms with Crippen LogP contribution in [0.1, 0.15) is 36.3 Å². The Hall–Kier alpha value is -2.19. The van der Waals surface area contributed by atoms with Crippen LogP contribution in [0.4, 0.5) is 5.69 Å². The molecule has 2 N–H and O–H groups in total. The minimum atomic E-state index is -0.981. The molecule has 1 aliphatic heterocycles. The number of hydrogen-bond acceptors (Lipinski definition) is 6. The lowest BCUT2D eigenvalue weighted by molar-refractivity contribution is 0.0696. The van der Waals surface area contributed by atoms with E-state index in [1.165, 1.54) is 6.20 Å². The summed E-state index contributed by atoms with van der Waals surface area (Å²) in [4.78, 5) is 20.8. The van der Waals surface area contributed by atoms with E-state index in [-0.39, 0.29) is 18.2 Å². The van der Waals surface area contributed by atoms with E-state index >= 15 is 0 Å². The van der Waals surface area contributed by atoms with Gasteiger partial charge in [-0.05, 0) is 19.3 Å². The maximum Gasteiger partial charge on any atom is 0.339 e. The maximum atomic E-state index is 11.9. The lowest BCUT2D eigenvalue weighted by atomic mass is 10.0. The van der Waals surface area contributed by atoms with Crippen LogP contribution < -0.4 is 4.90 Å². The predicted octanol–water partition coefficient (Wildman–Crippen LogP) is 1.50. The Balaban J connectivity index is 2.03. The molecule has 0 saturated carbocycles. The number of anilines is 1. The van der Waals surface area contributed by atoms with E-state index in [1.54, 1.807) is 4.68 Å². The topological polar surface area (TPSA) is 94.7 Å². The molecule has 1 unspecified atom stereocenters. The molecular weight excluding hydrogens is 346 g/mol. The Bertz CT molecular complexity index is 832. The van der Waals surface area contributed by atoms with Crippen molar-refractivity contribution in [2.75, 3.05) is 37.7 Å². The van der Waals surface area contributed by atoms with Gasteiger partial charge >= 0.3 is 5.97 Å². The molecule has 0 aliphatic carbocycles. The lowest BCUT2D eigenvalue weighted by Crippen LogP contribution is -2.54. The molecule has 3 heterocycles. The third kappa shape index (κ3) is 3.77. The standard InChI is InChI=1S/C19H29N5O3/c1-12(2)10-23-6-7-24(11-14(23)5-8-25)17-15(19(26)27)9-20-18-16(17)13(3)21-22(18)4/h9,12,14,25H,5-8,10-11H2,1-4H3,(H,26,27). The highest BCUT2D eigenvalue weighted by Crippen LogP contribution is 2.33. The van der Waals surface area contributed by atoms with Crippen molar-refractivity contribution >= 4 is 22.7 Å². The number of hydrogen-bond donors (Lipinski definition) is 2. The zero-order valence-electron chi connectivity index (χ0n) is 16.5. The first-order valence-electron chi connectivity index (χ1n) is 9.49. The number of aliphatic hydroxyl groups excluding tert-OH is 1. The molecular formula is C19H29N5O3. The molecule has 1 saturated heterocycles. The van der Waals surface area contributed by atoms with E-state index in [9.17, 15) is 15.0 Å². The summed E-state index contributed by atoms with van der Waals surface area (Å²) in [6.07, 6.45) is 2.11.